The molecule has 2 heterocycles. The number of amides is 1. The van der Waals surface area contributed by atoms with E-state index in [-0.39, 0.29) is 17.5 Å². The summed E-state index contributed by atoms with van der Waals surface area (Å²) in [6, 6.07) is 4.94. The summed E-state index contributed by atoms with van der Waals surface area (Å²) in [7, 11) is -3.09. The Bertz CT molecular complexity index is 878. The number of hydrogen-bond donors (Lipinski definition) is 0. The van der Waals surface area contributed by atoms with Crippen molar-refractivity contribution in [3.05, 3.63) is 29.8 Å². The number of rotatable bonds is 6. The number of fused-ring (bicyclic) bond motifs is 1. The third-order valence-electron chi connectivity index (χ3n) is 4.63. The van der Waals surface area contributed by atoms with E-state index < -0.39 is 28.3 Å². The SMILES string of the molecule is CCN(C(=O)COC(=O)/C=C/c1ccc2c(c1)OCCO2)[C@@H]1CCS(=O)(=O)C1. The van der Waals surface area contributed by atoms with Gasteiger partial charge in [-0.15, -0.1) is 0 Å². The van der Waals surface area contributed by atoms with Crippen molar-refractivity contribution in [1.29, 1.82) is 0 Å². The maximum Gasteiger partial charge on any atom is 0.331 e. The van der Waals surface area contributed by atoms with Crippen LogP contribution in [-0.4, -0.2) is 69.1 Å². The smallest absolute Gasteiger partial charge is 0.331 e. The zero-order valence-electron chi connectivity index (χ0n) is 15.6. The Balaban J connectivity index is 1.52. The third-order valence-corrected chi connectivity index (χ3v) is 6.38. The Morgan fingerprint density at radius 2 is 2.00 bits per heavy atom. The van der Waals surface area contributed by atoms with Crippen LogP contribution in [0.2, 0.25) is 0 Å². The first-order chi connectivity index (χ1) is 13.4. The molecule has 28 heavy (non-hydrogen) atoms. The van der Waals surface area contributed by atoms with Gasteiger partial charge < -0.3 is 19.1 Å². The molecule has 152 valence electrons. The number of nitrogens with zero attached hydrogens (tertiary/aromatic N) is 1. The van der Waals surface area contributed by atoms with Crippen LogP contribution in [0.15, 0.2) is 24.3 Å². The van der Waals surface area contributed by atoms with Crippen LogP contribution in [0.3, 0.4) is 0 Å². The highest BCUT2D eigenvalue weighted by Crippen LogP contribution is 2.31. The molecule has 0 aromatic heterocycles. The number of hydrogen-bond acceptors (Lipinski definition) is 7. The molecule has 0 N–H and O–H groups in total. The largest absolute Gasteiger partial charge is 0.486 e. The molecule has 0 aliphatic carbocycles. The van der Waals surface area contributed by atoms with Crippen LogP contribution in [0, 0.1) is 0 Å². The molecule has 2 aliphatic rings. The highest BCUT2D eigenvalue weighted by molar-refractivity contribution is 7.91. The van der Waals surface area contributed by atoms with Crippen LogP contribution < -0.4 is 9.47 Å². The number of carbonyl (C=O) groups is 2. The van der Waals surface area contributed by atoms with E-state index >= 15 is 0 Å². The van der Waals surface area contributed by atoms with Crippen LogP contribution in [-0.2, 0) is 24.2 Å². The average Bonchev–Trinajstić information content (AvgIpc) is 3.04. The fraction of sp³-hybridized carbons (Fsp3) is 0.474. The average molecular weight is 409 g/mol. The van der Waals surface area contributed by atoms with Crippen LogP contribution in [0.25, 0.3) is 6.08 Å². The van der Waals surface area contributed by atoms with E-state index in [1.165, 1.54) is 11.0 Å². The second-order valence-electron chi connectivity index (χ2n) is 6.58. The highest BCUT2D eigenvalue weighted by atomic mass is 32.2. The van der Waals surface area contributed by atoms with Crippen molar-refractivity contribution in [3.63, 3.8) is 0 Å². The van der Waals surface area contributed by atoms with E-state index in [2.05, 4.69) is 0 Å². The zero-order valence-corrected chi connectivity index (χ0v) is 16.4. The lowest BCUT2D eigenvalue weighted by atomic mass is 10.2. The van der Waals surface area contributed by atoms with E-state index in [9.17, 15) is 18.0 Å². The summed E-state index contributed by atoms with van der Waals surface area (Å²) in [5.41, 5.74) is 0.735. The van der Waals surface area contributed by atoms with Crippen molar-refractivity contribution in [3.8, 4) is 11.5 Å². The standard InChI is InChI=1S/C19H23NO7S/c1-2-20(15-7-10-28(23,24)13-15)18(21)12-27-19(22)6-4-14-3-5-16-17(11-14)26-9-8-25-16/h3-6,11,15H,2,7-10,12-13H2,1H3/b6-4+/t15-/m1/s1. The number of ether oxygens (including phenoxy) is 3. The molecule has 0 bridgehead atoms. The Kier molecular flexibility index (Phi) is 6.23. The lowest BCUT2D eigenvalue weighted by Crippen LogP contribution is -2.43. The maximum absolute atomic E-state index is 12.3. The topological polar surface area (TPSA) is 99.2 Å². The van der Waals surface area contributed by atoms with Gasteiger partial charge in [0.2, 0.25) is 0 Å². The van der Waals surface area contributed by atoms with Gasteiger partial charge in [-0.2, -0.15) is 0 Å². The molecule has 1 aromatic rings. The van der Waals surface area contributed by atoms with E-state index in [0.717, 1.165) is 5.56 Å². The molecule has 0 unspecified atom stereocenters. The van der Waals surface area contributed by atoms with Gasteiger partial charge in [0.1, 0.15) is 13.2 Å². The summed E-state index contributed by atoms with van der Waals surface area (Å²) in [5, 5.41) is 0. The molecule has 1 amide bonds. The van der Waals surface area contributed by atoms with Crippen LogP contribution in [0.5, 0.6) is 11.5 Å². The first-order valence-corrected chi connectivity index (χ1v) is 10.9. The van der Waals surface area contributed by atoms with Crippen molar-refractivity contribution in [2.24, 2.45) is 0 Å². The summed E-state index contributed by atoms with van der Waals surface area (Å²) in [4.78, 5) is 25.7. The molecule has 1 atom stereocenters. The van der Waals surface area contributed by atoms with E-state index in [1.807, 2.05) is 0 Å². The van der Waals surface area contributed by atoms with Gasteiger partial charge in [0.05, 0.1) is 11.5 Å². The predicted octanol–water partition coefficient (Wildman–Crippen LogP) is 1.05. The Morgan fingerprint density at radius 3 is 2.68 bits per heavy atom. The predicted molar refractivity (Wildman–Crippen MR) is 102 cm³/mol. The van der Waals surface area contributed by atoms with Crippen molar-refractivity contribution in [2.45, 2.75) is 19.4 Å². The third kappa shape index (κ3) is 5.03. The second-order valence-corrected chi connectivity index (χ2v) is 8.81. The minimum atomic E-state index is -3.09. The fourth-order valence-electron chi connectivity index (χ4n) is 3.25. The van der Waals surface area contributed by atoms with Crippen molar-refractivity contribution in [2.75, 3.05) is 37.9 Å². The Labute approximate surface area is 164 Å². The van der Waals surface area contributed by atoms with Crippen molar-refractivity contribution < 1.29 is 32.2 Å². The van der Waals surface area contributed by atoms with Gasteiger partial charge in [0.15, 0.2) is 27.9 Å². The normalized spacial score (nSPS) is 20.1. The molecule has 3 rings (SSSR count). The second kappa shape index (κ2) is 8.64. The number of carbonyl (C=O) groups excluding carboxylic acids is 2. The minimum Gasteiger partial charge on any atom is -0.486 e. The number of likely N-dealkylation sites (N-methyl/N-ethyl adjacent to an activating group) is 1. The van der Waals surface area contributed by atoms with E-state index in [0.29, 0.717) is 37.7 Å². The Morgan fingerprint density at radius 1 is 1.25 bits per heavy atom. The summed E-state index contributed by atoms with van der Waals surface area (Å²) < 4.78 is 39.2. The molecular weight excluding hydrogens is 386 g/mol. The summed E-state index contributed by atoms with van der Waals surface area (Å²) in [6.07, 6.45) is 3.21. The molecule has 2 aliphatic heterocycles. The number of sulfone groups is 1. The van der Waals surface area contributed by atoms with Gasteiger partial charge in [0, 0.05) is 18.7 Å². The lowest BCUT2D eigenvalue weighted by molar-refractivity contribution is -0.149. The summed E-state index contributed by atoms with van der Waals surface area (Å²) in [6.45, 7) is 2.69. The molecular formula is C19H23NO7S. The highest BCUT2D eigenvalue weighted by Gasteiger charge is 2.34. The molecule has 0 spiro atoms. The molecule has 9 heteroatoms. The van der Waals surface area contributed by atoms with Crippen LogP contribution >= 0.6 is 0 Å². The zero-order chi connectivity index (χ0) is 20.1. The van der Waals surface area contributed by atoms with Gasteiger partial charge in [-0.1, -0.05) is 6.07 Å². The van der Waals surface area contributed by atoms with Gasteiger partial charge in [-0.3, -0.25) is 4.79 Å². The quantitative estimate of drug-likeness (QED) is 0.511. The van der Waals surface area contributed by atoms with Gasteiger partial charge >= 0.3 is 5.97 Å². The molecule has 0 radical (unpaired) electrons. The molecule has 1 aromatic carbocycles. The monoisotopic (exact) mass is 409 g/mol. The van der Waals surface area contributed by atoms with Gasteiger partial charge in [-0.05, 0) is 37.1 Å². The first kappa shape index (κ1) is 20.2. The lowest BCUT2D eigenvalue weighted by Gasteiger charge is -2.26. The van der Waals surface area contributed by atoms with E-state index in [1.54, 1.807) is 31.2 Å². The maximum atomic E-state index is 12.3. The summed E-state index contributed by atoms with van der Waals surface area (Å²) >= 11 is 0. The Hall–Kier alpha value is -2.55. The van der Waals surface area contributed by atoms with Crippen molar-refractivity contribution >= 4 is 27.8 Å². The van der Waals surface area contributed by atoms with Crippen molar-refractivity contribution in [1.82, 2.24) is 4.90 Å². The number of benzene rings is 1. The molecule has 8 nitrogen and oxygen atoms in total. The molecule has 1 saturated heterocycles. The summed E-state index contributed by atoms with van der Waals surface area (Å²) in [5.74, 6) is 0.264. The molecule has 1 fully saturated rings. The fourth-order valence-corrected chi connectivity index (χ4v) is 4.98. The molecule has 0 saturated carbocycles. The van der Waals surface area contributed by atoms with Crippen LogP contribution in [0.4, 0.5) is 0 Å². The first-order valence-electron chi connectivity index (χ1n) is 9.12. The minimum absolute atomic E-state index is 0.0372. The number of esters is 1. The van der Waals surface area contributed by atoms with E-state index in [4.69, 9.17) is 14.2 Å². The van der Waals surface area contributed by atoms with Gasteiger partial charge in [0.25, 0.3) is 5.91 Å². The van der Waals surface area contributed by atoms with Gasteiger partial charge in [-0.25, -0.2) is 13.2 Å². The van der Waals surface area contributed by atoms with Crippen LogP contribution in [0.1, 0.15) is 18.9 Å².